The van der Waals surface area contributed by atoms with Gasteiger partial charge in [-0.25, -0.2) is 4.98 Å². The predicted molar refractivity (Wildman–Crippen MR) is 164 cm³/mol. The molecule has 2 aliphatic rings. The zero-order chi connectivity index (χ0) is 27.0. The molecule has 0 N–H and O–H groups in total. The van der Waals surface area contributed by atoms with Crippen LogP contribution in [0, 0.1) is 12.8 Å². The molecule has 0 aliphatic heterocycles. The number of aromatic nitrogens is 2. The van der Waals surface area contributed by atoms with Crippen molar-refractivity contribution in [1.29, 1.82) is 0 Å². The molecule has 2 unspecified atom stereocenters. The van der Waals surface area contributed by atoms with Gasteiger partial charge in [-0.05, 0) is 41.3 Å². The summed E-state index contributed by atoms with van der Waals surface area (Å²) in [7, 11) is 52.9. The molecule has 6 rings (SSSR count). The second kappa shape index (κ2) is 8.97. The topological polar surface area (TPSA) is 17.8 Å². The molecule has 2 nitrogen and oxygen atoms in total. The minimum Gasteiger partial charge on any atom is -0.296 e. The van der Waals surface area contributed by atoms with Gasteiger partial charge in [0.05, 0.1) is 16.7 Å². The lowest BCUT2D eigenvalue weighted by molar-refractivity contribution is 0.631. The lowest BCUT2D eigenvalue weighted by atomic mass is 9.48. The smallest absolute Gasteiger partial charge is 0.113 e. The van der Waals surface area contributed by atoms with E-state index in [1.54, 1.807) is 0 Å². The summed E-state index contributed by atoms with van der Waals surface area (Å²) in [6.45, 7) is 1.91. The fraction of sp³-hybridized carbons (Fsp3) is 0.107. The van der Waals surface area contributed by atoms with Gasteiger partial charge < -0.3 is 0 Å². The van der Waals surface area contributed by atoms with Gasteiger partial charge in [0.25, 0.3) is 0 Å². The van der Waals surface area contributed by atoms with E-state index >= 15 is 0 Å². The van der Waals surface area contributed by atoms with Crippen LogP contribution in [0.3, 0.4) is 0 Å². The molecule has 0 amide bonds. The Morgan fingerprint density at radius 3 is 2.00 bits per heavy atom. The zero-order valence-corrected chi connectivity index (χ0v) is 20.9. The number of imidazole rings is 1. The summed E-state index contributed by atoms with van der Waals surface area (Å²) in [5.74, 6) is -0.231. The second-order valence-electron chi connectivity index (χ2n) is 9.75. The highest BCUT2D eigenvalue weighted by atomic mass is 15.1. The van der Waals surface area contributed by atoms with Gasteiger partial charge in [-0.3, -0.25) is 4.57 Å². The molecule has 1 aromatic heterocycles. The number of hydrogen-bond donors (Lipinski definition) is 0. The first-order chi connectivity index (χ1) is 18.1. The Morgan fingerprint density at radius 1 is 0.658 bits per heavy atom. The minimum absolute atomic E-state index is 0.195. The first-order valence-corrected chi connectivity index (χ1v) is 12.2. The highest BCUT2D eigenvalue weighted by Gasteiger charge is 2.42. The molecule has 0 bridgehead atoms. The van der Waals surface area contributed by atoms with Crippen LogP contribution in [-0.4, -0.2) is 72.3 Å². The maximum Gasteiger partial charge on any atom is 0.113 e. The largest absolute Gasteiger partial charge is 0.296 e. The molecule has 2 aliphatic carbocycles. The standard InChI is InChI=1S/C28H14B8N2/c1-11-37-13-9-5-6-10-14(13)38(11)28-18-16(20(29)24(33)26(35)22(18)31)15(12-7-3-2-4-8-12)17-19(28)23(32)27(36)25(34)21(17)30/h2-10,15-16H,1H3. The third-order valence-corrected chi connectivity index (χ3v) is 7.77. The number of allylic oxidation sites excluding steroid dienone is 5. The van der Waals surface area contributed by atoms with E-state index in [0.717, 1.165) is 16.6 Å². The molecule has 16 radical (unpaired) electrons. The van der Waals surface area contributed by atoms with Crippen LogP contribution in [0.25, 0.3) is 16.7 Å². The number of rotatable bonds is 2. The Kier molecular flexibility index (Phi) is 5.94. The minimum atomic E-state index is -0.516. The molecule has 0 fully saturated rings. The molecule has 1 heterocycles. The normalized spacial score (nSPS) is 19.2. The van der Waals surface area contributed by atoms with Gasteiger partial charge in [0, 0.05) is 11.8 Å². The van der Waals surface area contributed by atoms with Crippen molar-refractivity contribution in [2.24, 2.45) is 5.92 Å². The van der Waals surface area contributed by atoms with Crippen LogP contribution < -0.4 is 21.9 Å². The summed E-state index contributed by atoms with van der Waals surface area (Å²) in [5.41, 5.74) is 7.39. The van der Waals surface area contributed by atoms with E-state index in [4.69, 9.17) is 67.8 Å². The Hall–Kier alpha value is -3.13. The molecule has 3 aromatic carbocycles. The number of nitrogens with zero attached hydrogens (tertiary/aromatic N) is 2. The molecule has 0 saturated heterocycles. The monoisotopic (exact) mass is 466 g/mol. The van der Waals surface area contributed by atoms with Crippen molar-refractivity contribution in [3.05, 3.63) is 105 Å². The quantitative estimate of drug-likeness (QED) is 0.371. The molecule has 38 heavy (non-hydrogen) atoms. The molecule has 10 heteroatoms. The van der Waals surface area contributed by atoms with Crippen molar-refractivity contribution in [2.75, 3.05) is 0 Å². The van der Waals surface area contributed by atoms with Crippen LogP contribution >= 0.6 is 0 Å². The molecular weight excluding hydrogens is 451 g/mol. The lowest BCUT2D eigenvalue weighted by Crippen LogP contribution is -2.53. The molecule has 160 valence electrons. The van der Waals surface area contributed by atoms with Gasteiger partial charge in [-0.1, -0.05) is 58.9 Å². The molecule has 0 saturated carbocycles. The maximum atomic E-state index is 6.79. The predicted octanol–water partition coefficient (Wildman–Crippen LogP) is -0.348. The van der Waals surface area contributed by atoms with E-state index in [0.29, 0.717) is 50.1 Å². The van der Waals surface area contributed by atoms with E-state index in [9.17, 15) is 0 Å². The van der Waals surface area contributed by atoms with Crippen LogP contribution in [0.4, 0.5) is 0 Å². The van der Waals surface area contributed by atoms with Crippen molar-refractivity contribution < 1.29 is 0 Å². The van der Waals surface area contributed by atoms with E-state index in [1.807, 2.05) is 66.1 Å². The Morgan fingerprint density at radius 2 is 1.29 bits per heavy atom. The number of fused-ring (bicyclic) bond motifs is 3. The van der Waals surface area contributed by atoms with Crippen LogP contribution in [0.15, 0.2) is 82.1 Å². The fourth-order valence-corrected chi connectivity index (χ4v) is 5.97. The van der Waals surface area contributed by atoms with Crippen LogP contribution in [-0.2, 0) is 0 Å². The average Bonchev–Trinajstić information content (AvgIpc) is 3.26. The number of hydrogen-bond acceptors (Lipinski definition) is 1. The van der Waals surface area contributed by atoms with Crippen molar-refractivity contribution in [3.8, 4) is 0 Å². The van der Waals surface area contributed by atoms with Crippen LogP contribution in [0.5, 0.6) is 0 Å². The first kappa shape index (κ1) is 25.2. The van der Waals surface area contributed by atoms with E-state index in [1.165, 1.54) is 0 Å². The second-order valence-corrected chi connectivity index (χ2v) is 9.75. The molecular formula is C28H14B8N2. The van der Waals surface area contributed by atoms with Crippen LogP contribution in [0.1, 0.15) is 28.4 Å². The van der Waals surface area contributed by atoms with Crippen molar-refractivity contribution in [3.63, 3.8) is 0 Å². The van der Waals surface area contributed by atoms with Gasteiger partial charge in [-0.15, -0.1) is 27.3 Å². The number of para-hydroxylation sites is 2. The summed E-state index contributed by atoms with van der Waals surface area (Å²) in [4.78, 5) is 4.79. The van der Waals surface area contributed by atoms with Gasteiger partial charge in [0.15, 0.2) is 0 Å². The number of aryl methyl sites for hydroxylation is 1. The van der Waals surface area contributed by atoms with Gasteiger partial charge >= 0.3 is 0 Å². The van der Waals surface area contributed by atoms with Crippen LogP contribution in [0.2, 0.25) is 0 Å². The first-order valence-electron chi connectivity index (χ1n) is 12.2. The average molecular weight is 465 g/mol. The fourth-order valence-electron chi connectivity index (χ4n) is 5.97. The van der Waals surface area contributed by atoms with Gasteiger partial charge in [0.2, 0.25) is 0 Å². The molecule has 2 atom stereocenters. The summed E-state index contributed by atoms with van der Waals surface area (Å²) >= 11 is 0. The number of benzene rings is 3. The summed E-state index contributed by atoms with van der Waals surface area (Å²) < 4.78 is 2.00. The lowest BCUT2D eigenvalue weighted by Gasteiger charge is -2.46. The third-order valence-electron chi connectivity index (χ3n) is 7.77. The Bertz CT molecular complexity index is 1760. The van der Waals surface area contributed by atoms with Crippen molar-refractivity contribution in [1.82, 2.24) is 9.55 Å². The van der Waals surface area contributed by atoms with Crippen molar-refractivity contribution >= 4 is 101 Å². The Balaban J connectivity index is 1.88. The van der Waals surface area contributed by atoms with E-state index in [2.05, 4.69) is 0 Å². The summed E-state index contributed by atoms with van der Waals surface area (Å²) in [6.07, 6.45) is 0. The van der Waals surface area contributed by atoms with E-state index in [-0.39, 0.29) is 21.9 Å². The zero-order valence-electron chi connectivity index (χ0n) is 20.9. The van der Waals surface area contributed by atoms with Crippen molar-refractivity contribution in [2.45, 2.75) is 12.8 Å². The maximum absolute atomic E-state index is 6.79. The van der Waals surface area contributed by atoms with Gasteiger partial charge in [0.1, 0.15) is 68.6 Å². The molecule has 4 aromatic rings. The SMILES string of the molecule is [B]C1=C([B])C2=C(n3c(C)nc4ccccc43)c3c([B])c([B])c([B])c([B])c3C(c3ccccc3)C2C([B])=C1[B]. The van der Waals surface area contributed by atoms with Gasteiger partial charge in [-0.2, -0.15) is 0 Å². The highest BCUT2D eigenvalue weighted by Crippen LogP contribution is 2.52. The Labute approximate surface area is 233 Å². The summed E-state index contributed by atoms with van der Waals surface area (Å²) in [6, 6.07) is 17.6. The third kappa shape index (κ3) is 3.35. The summed E-state index contributed by atoms with van der Waals surface area (Å²) in [5, 5.41) is 0. The molecule has 0 spiro atoms. The van der Waals surface area contributed by atoms with E-state index < -0.39 is 11.8 Å². The highest BCUT2D eigenvalue weighted by molar-refractivity contribution is 6.63.